The van der Waals surface area contributed by atoms with E-state index in [1.165, 1.54) is 0 Å². The summed E-state index contributed by atoms with van der Waals surface area (Å²) in [5.74, 6) is 0.00868. The van der Waals surface area contributed by atoms with E-state index in [0.29, 0.717) is 5.02 Å². The molecule has 5 heteroatoms. The molecule has 0 radical (unpaired) electrons. The molecule has 0 fully saturated rings. The number of carbonyl (C=O) groups excluding carboxylic acids is 1. The number of carbonyl (C=O) groups is 1. The smallest absolute Gasteiger partial charge is 0.249 e. The molecule has 0 unspecified atom stereocenters. The second-order valence-electron chi connectivity index (χ2n) is 6.32. The van der Waals surface area contributed by atoms with Crippen LogP contribution in [0.2, 0.25) is 5.02 Å². The first-order valence-electron chi connectivity index (χ1n) is 7.19. The highest BCUT2D eigenvalue weighted by Gasteiger charge is 2.32. The lowest BCUT2D eigenvalue weighted by molar-refractivity contribution is -0.137. The van der Waals surface area contributed by atoms with Gasteiger partial charge < -0.3 is 4.90 Å². The molecule has 118 valence electrons. The Kier molecular flexibility index (Phi) is 4.34. The summed E-state index contributed by atoms with van der Waals surface area (Å²) in [6.07, 6.45) is 1.92. The average molecular weight is 320 g/mol. The molecule has 0 saturated heterocycles. The first-order chi connectivity index (χ1) is 10.1. The fraction of sp³-hybridized carbons (Fsp3) is 0.412. The Balaban J connectivity index is 2.51. The number of halogens is 1. The molecule has 0 saturated carbocycles. The van der Waals surface area contributed by atoms with Crippen molar-refractivity contribution in [1.29, 1.82) is 0 Å². The molecule has 0 aliphatic rings. The van der Waals surface area contributed by atoms with E-state index < -0.39 is 5.54 Å². The van der Waals surface area contributed by atoms with Gasteiger partial charge in [-0.1, -0.05) is 17.7 Å². The van der Waals surface area contributed by atoms with Crippen LogP contribution < -0.4 is 0 Å². The van der Waals surface area contributed by atoms with Crippen molar-refractivity contribution in [3.05, 3.63) is 40.5 Å². The van der Waals surface area contributed by atoms with E-state index in [2.05, 4.69) is 5.10 Å². The first kappa shape index (κ1) is 16.6. The molecule has 1 aromatic carbocycles. The van der Waals surface area contributed by atoms with Gasteiger partial charge in [-0.05, 0) is 51.0 Å². The van der Waals surface area contributed by atoms with Crippen LogP contribution in [0.4, 0.5) is 0 Å². The van der Waals surface area contributed by atoms with Crippen LogP contribution in [0, 0.1) is 13.8 Å². The van der Waals surface area contributed by atoms with Gasteiger partial charge in [0.05, 0.1) is 5.69 Å². The summed E-state index contributed by atoms with van der Waals surface area (Å²) in [6, 6.07) is 5.75. The highest BCUT2D eigenvalue weighted by Crippen LogP contribution is 2.29. The SMILES string of the molecule is Cc1cc(Cl)ccc1-c1nn(C(C)(C)C(=O)N(C)C)cc1C. The topological polar surface area (TPSA) is 38.1 Å². The quantitative estimate of drug-likeness (QED) is 0.866. The maximum atomic E-state index is 12.4. The highest BCUT2D eigenvalue weighted by atomic mass is 35.5. The molecule has 0 atom stereocenters. The van der Waals surface area contributed by atoms with Crippen LogP contribution in [-0.4, -0.2) is 34.7 Å². The van der Waals surface area contributed by atoms with Gasteiger partial charge in [-0.15, -0.1) is 0 Å². The van der Waals surface area contributed by atoms with E-state index >= 15 is 0 Å². The summed E-state index contributed by atoms with van der Waals surface area (Å²) in [6.45, 7) is 7.76. The number of likely N-dealkylation sites (N-methyl/N-ethyl adjacent to an activating group) is 1. The molecule has 1 amide bonds. The van der Waals surface area contributed by atoms with E-state index in [9.17, 15) is 4.79 Å². The molecule has 22 heavy (non-hydrogen) atoms. The number of aromatic nitrogens is 2. The Morgan fingerprint density at radius 3 is 2.41 bits per heavy atom. The zero-order valence-electron chi connectivity index (χ0n) is 13.9. The van der Waals surface area contributed by atoms with E-state index in [1.54, 1.807) is 23.7 Å². The molecule has 0 aliphatic carbocycles. The standard InChI is InChI=1S/C17H22ClN3O/c1-11-9-13(18)7-8-14(11)15-12(2)10-21(19-15)17(3,4)16(22)20(5)6/h7-10H,1-6H3. The number of nitrogens with zero attached hydrogens (tertiary/aromatic N) is 3. The summed E-state index contributed by atoms with van der Waals surface area (Å²) < 4.78 is 1.74. The fourth-order valence-electron chi connectivity index (χ4n) is 2.55. The predicted molar refractivity (Wildman–Crippen MR) is 90.2 cm³/mol. The second-order valence-corrected chi connectivity index (χ2v) is 6.76. The number of amides is 1. The molecule has 0 N–H and O–H groups in total. The third-order valence-corrected chi connectivity index (χ3v) is 4.08. The van der Waals surface area contributed by atoms with Crippen molar-refractivity contribution >= 4 is 17.5 Å². The van der Waals surface area contributed by atoms with Crippen molar-refractivity contribution in [2.45, 2.75) is 33.2 Å². The van der Waals surface area contributed by atoms with Gasteiger partial charge in [0.15, 0.2) is 0 Å². The molecule has 0 spiro atoms. The van der Waals surface area contributed by atoms with Crippen LogP contribution in [0.3, 0.4) is 0 Å². The Hall–Kier alpha value is -1.81. The van der Waals surface area contributed by atoms with Gasteiger partial charge in [-0.25, -0.2) is 0 Å². The third-order valence-electron chi connectivity index (χ3n) is 3.84. The van der Waals surface area contributed by atoms with Crippen molar-refractivity contribution < 1.29 is 4.79 Å². The van der Waals surface area contributed by atoms with Crippen LogP contribution in [0.1, 0.15) is 25.0 Å². The lowest BCUT2D eigenvalue weighted by Gasteiger charge is -2.27. The van der Waals surface area contributed by atoms with E-state index in [4.69, 9.17) is 11.6 Å². The number of benzene rings is 1. The first-order valence-corrected chi connectivity index (χ1v) is 7.57. The fourth-order valence-corrected chi connectivity index (χ4v) is 2.78. The molecule has 4 nitrogen and oxygen atoms in total. The van der Waals surface area contributed by atoms with Gasteiger partial charge in [0.2, 0.25) is 5.91 Å². The summed E-state index contributed by atoms with van der Waals surface area (Å²) in [5.41, 5.74) is 3.29. The predicted octanol–water partition coefficient (Wildman–Crippen LogP) is 3.64. The zero-order chi connectivity index (χ0) is 16.7. The minimum atomic E-state index is -0.729. The van der Waals surface area contributed by atoms with Crippen LogP contribution in [-0.2, 0) is 10.3 Å². The second kappa shape index (κ2) is 5.76. The van der Waals surface area contributed by atoms with Crippen LogP contribution in [0.15, 0.2) is 24.4 Å². The van der Waals surface area contributed by atoms with Crippen molar-refractivity contribution in [2.24, 2.45) is 0 Å². The van der Waals surface area contributed by atoms with E-state index in [0.717, 1.165) is 22.4 Å². The molecule has 1 heterocycles. The third kappa shape index (κ3) is 2.88. The normalized spacial score (nSPS) is 11.6. The maximum Gasteiger partial charge on any atom is 0.249 e. The average Bonchev–Trinajstić information content (AvgIpc) is 2.80. The Morgan fingerprint density at radius 1 is 1.23 bits per heavy atom. The molecular formula is C17H22ClN3O. The summed E-state index contributed by atoms with van der Waals surface area (Å²) in [4.78, 5) is 14.0. The van der Waals surface area contributed by atoms with Gasteiger partial charge in [0.1, 0.15) is 5.54 Å². The molecule has 0 aliphatic heterocycles. The van der Waals surface area contributed by atoms with Crippen LogP contribution >= 0.6 is 11.6 Å². The summed E-state index contributed by atoms with van der Waals surface area (Å²) >= 11 is 6.02. The zero-order valence-corrected chi connectivity index (χ0v) is 14.7. The van der Waals surface area contributed by atoms with Crippen molar-refractivity contribution in [1.82, 2.24) is 14.7 Å². The lowest BCUT2D eigenvalue weighted by Crippen LogP contribution is -2.44. The maximum absolute atomic E-state index is 12.4. The van der Waals surface area contributed by atoms with Crippen LogP contribution in [0.5, 0.6) is 0 Å². The minimum absolute atomic E-state index is 0.00868. The molecule has 1 aromatic heterocycles. The molecular weight excluding hydrogens is 298 g/mol. The summed E-state index contributed by atoms with van der Waals surface area (Å²) in [5, 5.41) is 5.38. The number of hydrogen-bond donors (Lipinski definition) is 0. The highest BCUT2D eigenvalue weighted by molar-refractivity contribution is 6.30. The molecule has 0 bridgehead atoms. The Labute approximate surface area is 136 Å². The summed E-state index contributed by atoms with van der Waals surface area (Å²) in [7, 11) is 3.51. The number of hydrogen-bond acceptors (Lipinski definition) is 2. The number of aryl methyl sites for hydroxylation is 2. The van der Waals surface area contributed by atoms with Crippen molar-refractivity contribution in [3.8, 4) is 11.3 Å². The Morgan fingerprint density at radius 2 is 1.86 bits per heavy atom. The van der Waals surface area contributed by atoms with Crippen molar-refractivity contribution in [3.63, 3.8) is 0 Å². The lowest BCUT2D eigenvalue weighted by atomic mass is 10.0. The van der Waals surface area contributed by atoms with E-state index in [1.807, 2.05) is 52.1 Å². The van der Waals surface area contributed by atoms with Gasteiger partial charge in [-0.2, -0.15) is 5.10 Å². The Bertz CT molecular complexity index is 717. The monoisotopic (exact) mass is 319 g/mol. The largest absolute Gasteiger partial charge is 0.347 e. The van der Waals surface area contributed by atoms with Gasteiger partial charge in [0.25, 0.3) is 0 Å². The minimum Gasteiger partial charge on any atom is -0.347 e. The van der Waals surface area contributed by atoms with E-state index in [-0.39, 0.29) is 5.91 Å². The van der Waals surface area contributed by atoms with Gasteiger partial charge in [-0.3, -0.25) is 9.48 Å². The number of rotatable bonds is 3. The van der Waals surface area contributed by atoms with Gasteiger partial charge in [0, 0.05) is 30.9 Å². The van der Waals surface area contributed by atoms with Crippen LogP contribution in [0.25, 0.3) is 11.3 Å². The molecule has 2 rings (SSSR count). The molecule has 2 aromatic rings. The van der Waals surface area contributed by atoms with Crippen molar-refractivity contribution in [2.75, 3.05) is 14.1 Å². The van der Waals surface area contributed by atoms with Gasteiger partial charge >= 0.3 is 0 Å².